The van der Waals surface area contributed by atoms with Gasteiger partial charge >= 0.3 is 0 Å². The van der Waals surface area contributed by atoms with Gasteiger partial charge in [-0.2, -0.15) is 0 Å². The minimum atomic E-state index is -3.27. The lowest BCUT2D eigenvalue weighted by Crippen LogP contribution is -2.45. The summed E-state index contributed by atoms with van der Waals surface area (Å²) in [5, 5.41) is 3.06. The Morgan fingerprint density at radius 2 is 1.67 bits per heavy atom. The Hall–Kier alpha value is -1.75. The maximum atomic E-state index is 13.4. The highest BCUT2D eigenvalue weighted by molar-refractivity contribution is 8.00. The van der Waals surface area contributed by atoms with E-state index in [9.17, 15) is 26.4 Å². The Balaban J connectivity index is 1.46. The van der Waals surface area contributed by atoms with E-state index in [0.29, 0.717) is 22.1 Å². The van der Waals surface area contributed by atoms with E-state index in [0.717, 1.165) is 25.7 Å². The fourth-order valence-corrected chi connectivity index (χ4v) is 7.31. The van der Waals surface area contributed by atoms with Gasteiger partial charge in [0.1, 0.15) is 0 Å². The van der Waals surface area contributed by atoms with Crippen LogP contribution in [0.5, 0.6) is 0 Å². The first-order chi connectivity index (χ1) is 15.5. The Bertz CT molecular complexity index is 1160. The minimum Gasteiger partial charge on any atom is -0.322 e. The number of rotatable bonds is 6. The molecule has 0 aliphatic heterocycles. The molecule has 2 bridgehead atoms. The van der Waals surface area contributed by atoms with Crippen LogP contribution in [0.1, 0.15) is 36.0 Å². The van der Waals surface area contributed by atoms with Crippen molar-refractivity contribution >= 4 is 45.0 Å². The van der Waals surface area contributed by atoms with Crippen molar-refractivity contribution in [1.82, 2.24) is 4.72 Å². The predicted octanol–water partition coefficient (Wildman–Crippen LogP) is 5.21. The molecule has 1 amide bonds. The van der Waals surface area contributed by atoms with Crippen molar-refractivity contribution in [1.29, 1.82) is 0 Å². The summed E-state index contributed by atoms with van der Waals surface area (Å²) >= 11 is 7.90. The van der Waals surface area contributed by atoms with E-state index >= 15 is 0 Å². The molecule has 11 heteroatoms. The van der Waals surface area contributed by atoms with Crippen LogP contribution in [0.2, 0.25) is 5.02 Å². The van der Waals surface area contributed by atoms with Crippen LogP contribution in [-0.4, -0.2) is 31.9 Å². The number of sulfonamides is 1. The normalized spacial score (nSPS) is 24.6. The number of fused-ring (bicyclic) bond motifs is 2. The third kappa shape index (κ3) is 5.67. The molecule has 2 saturated carbocycles. The van der Waals surface area contributed by atoms with Crippen molar-refractivity contribution < 1.29 is 26.4 Å². The van der Waals surface area contributed by atoms with Crippen LogP contribution in [-0.2, 0) is 10.0 Å². The number of halogens is 4. The largest absolute Gasteiger partial charge is 0.322 e. The second-order valence-corrected chi connectivity index (χ2v) is 12.1. The van der Waals surface area contributed by atoms with Gasteiger partial charge in [0, 0.05) is 39.6 Å². The van der Waals surface area contributed by atoms with E-state index < -0.39 is 33.4 Å². The smallest absolute Gasteiger partial charge is 0.255 e. The predicted molar refractivity (Wildman–Crippen MR) is 123 cm³/mol. The van der Waals surface area contributed by atoms with E-state index in [1.165, 1.54) is 12.3 Å². The van der Waals surface area contributed by atoms with Crippen LogP contribution in [0.25, 0.3) is 0 Å². The summed E-state index contributed by atoms with van der Waals surface area (Å²) in [6, 6.07) is 6.06. The fraction of sp³-hybridized carbons (Fsp3) is 0.409. The summed E-state index contributed by atoms with van der Waals surface area (Å²) in [7, 11) is -3.27. The van der Waals surface area contributed by atoms with Crippen molar-refractivity contribution in [2.45, 2.75) is 41.9 Å². The first-order valence-corrected chi connectivity index (χ1v) is 13.5. The van der Waals surface area contributed by atoms with Crippen LogP contribution >= 0.6 is 23.4 Å². The second-order valence-electron chi connectivity index (χ2n) is 8.58. The highest BCUT2D eigenvalue weighted by Gasteiger charge is 2.44. The maximum Gasteiger partial charge on any atom is 0.255 e. The molecule has 2 fully saturated rings. The number of anilines is 1. The SMILES string of the molecule is CS(=O)(=O)NC1C2CC[C@H]1C[C@H](Sc1cc(C(=O)Nc3cc(F)c(F)c(F)c3)ccc1Cl)C2. The molecular weight excluding hydrogens is 497 g/mol. The highest BCUT2D eigenvalue weighted by Crippen LogP contribution is 2.48. The van der Waals surface area contributed by atoms with E-state index in [1.807, 2.05) is 0 Å². The molecule has 2 aliphatic carbocycles. The molecule has 4 rings (SSSR count). The number of carbonyl (C=O) groups is 1. The first kappa shape index (κ1) is 24.4. The van der Waals surface area contributed by atoms with Crippen LogP contribution in [0, 0.1) is 29.3 Å². The van der Waals surface area contributed by atoms with Crippen molar-refractivity contribution in [3.8, 4) is 0 Å². The summed E-state index contributed by atoms with van der Waals surface area (Å²) < 4.78 is 66.2. The number of hydrogen-bond acceptors (Lipinski definition) is 4. The summed E-state index contributed by atoms with van der Waals surface area (Å²) in [5.41, 5.74) is 0.0382. The Kier molecular flexibility index (Phi) is 7.00. The van der Waals surface area contributed by atoms with Crippen molar-refractivity contribution in [2.24, 2.45) is 11.8 Å². The molecule has 2 aromatic carbocycles. The molecular formula is C22H22ClF3N2O3S2. The van der Waals surface area contributed by atoms with Gasteiger partial charge in [-0.3, -0.25) is 4.79 Å². The van der Waals surface area contributed by atoms with Gasteiger partial charge in [0.15, 0.2) is 17.5 Å². The average molecular weight is 519 g/mol. The number of thioether (sulfide) groups is 1. The van der Waals surface area contributed by atoms with Gasteiger partial charge in [0.25, 0.3) is 5.91 Å². The number of nitrogens with one attached hydrogen (secondary N) is 2. The van der Waals surface area contributed by atoms with E-state index in [4.69, 9.17) is 11.6 Å². The molecule has 178 valence electrons. The van der Waals surface area contributed by atoms with Gasteiger partial charge in [0.05, 0.1) is 11.3 Å². The monoisotopic (exact) mass is 518 g/mol. The molecule has 0 saturated heterocycles. The standard InChI is InChI=1S/C22H22ClF3N2O3S2/c1-33(30,31)28-21-11-2-3-12(21)7-15(6-11)32-19-8-13(4-5-16(19)23)22(29)27-14-9-17(24)20(26)18(25)10-14/h4-5,8-12,15,21,28H,2-3,6-7H2,1H3,(H,27,29)/t11-,12?,15-,21?/m0/s1. The van der Waals surface area contributed by atoms with Gasteiger partial charge in [-0.1, -0.05) is 11.6 Å². The molecule has 33 heavy (non-hydrogen) atoms. The summed E-state index contributed by atoms with van der Waals surface area (Å²) in [6.07, 6.45) is 4.77. The third-order valence-corrected chi connectivity index (χ3v) is 8.59. The summed E-state index contributed by atoms with van der Waals surface area (Å²) in [4.78, 5) is 13.3. The molecule has 2 aromatic rings. The second kappa shape index (κ2) is 9.48. The maximum absolute atomic E-state index is 13.4. The molecule has 4 atom stereocenters. The summed E-state index contributed by atoms with van der Waals surface area (Å²) in [5.74, 6) is -4.50. The number of amides is 1. The summed E-state index contributed by atoms with van der Waals surface area (Å²) in [6.45, 7) is 0. The lowest BCUT2D eigenvalue weighted by atomic mass is 9.84. The zero-order valence-corrected chi connectivity index (χ0v) is 20.0. The van der Waals surface area contributed by atoms with Crippen LogP contribution < -0.4 is 10.0 Å². The number of benzene rings is 2. The number of carbonyl (C=O) groups excluding carboxylic acids is 1. The molecule has 2 unspecified atom stereocenters. The van der Waals surface area contributed by atoms with E-state index in [2.05, 4.69) is 10.0 Å². The van der Waals surface area contributed by atoms with Crippen molar-refractivity contribution in [3.63, 3.8) is 0 Å². The zero-order chi connectivity index (χ0) is 23.9. The van der Waals surface area contributed by atoms with Crippen LogP contribution in [0.15, 0.2) is 35.2 Å². The average Bonchev–Trinajstić information content (AvgIpc) is 2.94. The molecule has 0 heterocycles. The van der Waals surface area contributed by atoms with Crippen molar-refractivity contribution in [3.05, 3.63) is 58.4 Å². The molecule has 0 radical (unpaired) electrons. The Morgan fingerprint density at radius 3 is 2.24 bits per heavy atom. The van der Waals surface area contributed by atoms with Gasteiger partial charge in [-0.05, 0) is 55.7 Å². The lowest BCUT2D eigenvalue weighted by molar-refractivity contribution is 0.102. The Labute approximate surface area is 199 Å². The van der Waals surface area contributed by atoms with Gasteiger partial charge in [-0.15, -0.1) is 11.8 Å². The van der Waals surface area contributed by atoms with Crippen LogP contribution in [0.3, 0.4) is 0 Å². The van der Waals surface area contributed by atoms with E-state index in [-0.39, 0.29) is 34.4 Å². The van der Waals surface area contributed by atoms with Gasteiger partial charge in [-0.25, -0.2) is 26.3 Å². The zero-order valence-electron chi connectivity index (χ0n) is 17.6. The molecule has 5 nitrogen and oxygen atoms in total. The van der Waals surface area contributed by atoms with E-state index in [1.54, 1.807) is 23.9 Å². The minimum absolute atomic E-state index is 0.0408. The van der Waals surface area contributed by atoms with Crippen LogP contribution in [0.4, 0.5) is 18.9 Å². The fourth-order valence-electron chi connectivity index (χ4n) is 4.75. The molecule has 2 aliphatic rings. The van der Waals surface area contributed by atoms with Crippen molar-refractivity contribution in [2.75, 3.05) is 11.6 Å². The van der Waals surface area contributed by atoms with Gasteiger partial charge < -0.3 is 5.32 Å². The number of hydrogen-bond donors (Lipinski definition) is 2. The van der Waals surface area contributed by atoms with Gasteiger partial charge in [0.2, 0.25) is 10.0 Å². The molecule has 0 spiro atoms. The third-order valence-electron chi connectivity index (χ3n) is 6.13. The Morgan fingerprint density at radius 1 is 1.06 bits per heavy atom. The molecule has 2 N–H and O–H groups in total. The quantitative estimate of drug-likeness (QED) is 0.515. The topological polar surface area (TPSA) is 75.3 Å². The highest BCUT2D eigenvalue weighted by atomic mass is 35.5. The lowest BCUT2D eigenvalue weighted by Gasteiger charge is -2.35. The first-order valence-electron chi connectivity index (χ1n) is 10.4. The molecule has 0 aromatic heterocycles.